The lowest BCUT2D eigenvalue weighted by atomic mass is 9.95. The van der Waals surface area contributed by atoms with Crippen molar-refractivity contribution in [2.45, 2.75) is 24.8 Å². The largest absolute Gasteiger partial charge is 0.384 e. The summed E-state index contributed by atoms with van der Waals surface area (Å²) in [5, 5.41) is 7.05. The van der Waals surface area contributed by atoms with Crippen molar-refractivity contribution in [3.8, 4) is 0 Å². The van der Waals surface area contributed by atoms with E-state index in [0.29, 0.717) is 12.4 Å². The highest BCUT2D eigenvalue weighted by molar-refractivity contribution is 5.91. The second-order valence-electron chi connectivity index (χ2n) is 5.31. The Bertz CT molecular complexity index is 629. The lowest BCUT2D eigenvalue weighted by Crippen LogP contribution is -2.34. The molecule has 1 aliphatic rings. The summed E-state index contributed by atoms with van der Waals surface area (Å²) < 4.78 is 1.60. The summed E-state index contributed by atoms with van der Waals surface area (Å²) in [6, 6.07) is 9.95. The SMILES string of the molecule is Cn1ncc(CNC(=O)C2(c3ccccc3)CC2)c1N. The van der Waals surface area contributed by atoms with Gasteiger partial charge in [0.15, 0.2) is 0 Å². The molecule has 3 rings (SSSR count). The molecule has 2 aromatic rings. The van der Waals surface area contributed by atoms with Crippen LogP contribution < -0.4 is 11.1 Å². The average molecular weight is 270 g/mol. The molecule has 20 heavy (non-hydrogen) atoms. The number of aryl methyl sites for hydroxylation is 1. The minimum absolute atomic E-state index is 0.0759. The predicted molar refractivity (Wildman–Crippen MR) is 76.8 cm³/mol. The zero-order chi connectivity index (χ0) is 14.2. The number of aromatic nitrogens is 2. The highest BCUT2D eigenvalue weighted by atomic mass is 16.2. The number of nitrogen functional groups attached to an aromatic ring is 1. The molecule has 1 aliphatic carbocycles. The molecule has 1 aromatic heterocycles. The summed E-state index contributed by atoms with van der Waals surface area (Å²) in [6.07, 6.45) is 3.51. The van der Waals surface area contributed by atoms with Crippen molar-refractivity contribution in [2.75, 3.05) is 5.73 Å². The number of amides is 1. The van der Waals surface area contributed by atoms with E-state index in [2.05, 4.69) is 10.4 Å². The summed E-state index contributed by atoms with van der Waals surface area (Å²) in [4.78, 5) is 12.4. The van der Waals surface area contributed by atoms with Gasteiger partial charge in [0, 0.05) is 19.2 Å². The van der Waals surface area contributed by atoms with Gasteiger partial charge < -0.3 is 11.1 Å². The minimum atomic E-state index is -0.335. The van der Waals surface area contributed by atoms with E-state index in [1.165, 1.54) is 0 Å². The van der Waals surface area contributed by atoms with Gasteiger partial charge in [0.25, 0.3) is 0 Å². The van der Waals surface area contributed by atoms with Gasteiger partial charge in [0.1, 0.15) is 5.82 Å². The number of nitrogens with one attached hydrogen (secondary N) is 1. The number of carbonyl (C=O) groups is 1. The molecule has 0 spiro atoms. The van der Waals surface area contributed by atoms with Gasteiger partial charge in [0.05, 0.1) is 11.6 Å². The molecule has 1 fully saturated rings. The molecule has 1 saturated carbocycles. The Labute approximate surface area is 117 Å². The number of hydrogen-bond acceptors (Lipinski definition) is 3. The molecule has 1 aromatic carbocycles. The molecule has 1 heterocycles. The fraction of sp³-hybridized carbons (Fsp3) is 0.333. The van der Waals surface area contributed by atoms with Crippen LogP contribution in [0.3, 0.4) is 0 Å². The van der Waals surface area contributed by atoms with E-state index in [1.54, 1.807) is 17.9 Å². The molecule has 5 nitrogen and oxygen atoms in total. The van der Waals surface area contributed by atoms with Gasteiger partial charge in [-0.2, -0.15) is 5.10 Å². The lowest BCUT2D eigenvalue weighted by Gasteiger charge is -2.15. The van der Waals surface area contributed by atoms with Gasteiger partial charge in [-0.25, -0.2) is 0 Å². The molecule has 104 valence electrons. The first-order valence-electron chi connectivity index (χ1n) is 6.74. The van der Waals surface area contributed by atoms with E-state index < -0.39 is 0 Å². The number of nitrogens with two attached hydrogens (primary N) is 1. The third kappa shape index (κ3) is 2.05. The topological polar surface area (TPSA) is 72.9 Å². The van der Waals surface area contributed by atoms with Crippen molar-refractivity contribution < 1.29 is 4.79 Å². The predicted octanol–water partition coefficient (Wildman–Crippen LogP) is 1.35. The number of hydrogen-bond donors (Lipinski definition) is 2. The number of nitrogens with zero attached hydrogens (tertiary/aromatic N) is 2. The first-order valence-corrected chi connectivity index (χ1v) is 6.74. The van der Waals surface area contributed by atoms with Crippen molar-refractivity contribution in [3.63, 3.8) is 0 Å². The van der Waals surface area contributed by atoms with E-state index >= 15 is 0 Å². The van der Waals surface area contributed by atoms with Gasteiger partial charge >= 0.3 is 0 Å². The first kappa shape index (κ1) is 12.7. The maximum atomic E-state index is 12.4. The highest BCUT2D eigenvalue weighted by Crippen LogP contribution is 2.48. The van der Waals surface area contributed by atoms with E-state index in [4.69, 9.17) is 5.73 Å². The molecular weight excluding hydrogens is 252 g/mol. The highest BCUT2D eigenvalue weighted by Gasteiger charge is 2.50. The smallest absolute Gasteiger partial charge is 0.230 e. The van der Waals surface area contributed by atoms with E-state index in [9.17, 15) is 4.79 Å². The van der Waals surface area contributed by atoms with Gasteiger partial charge in [-0.05, 0) is 18.4 Å². The van der Waals surface area contributed by atoms with Crippen LogP contribution >= 0.6 is 0 Å². The maximum absolute atomic E-state index is 12.4. The second-order valence-corrected chi connectivity index (χ2v) is 5.31. The Morgan fingerprint density at radius 1 is 1.40 bits per heavy atom. The number of anilines is 1. The molecular formula is C15H18N4O. The Hall–Kier alpha value is -2.30. The van der Waals surface area contributed by atoms with E-state index in [0.717, 1.165) is 24.0 Å². The summed E-state index contributed by atoms with van der Waals surface area (Å²) in [5.41, 5.74) is 7.48. The van der Waals surface area contributed by atoms with Crippen LogP contribution in [0.15, 0.2) is 36.5 Å². The number of rotatable bonds is 4. The molecule has 0 bridgehead atoms. The normalized spacial score (nSPS) is 15.8. The van der Waals surface area contributed by atoms with Crippen LogP contribution in [-0.4, -0.2) is 15.7 Å². The van der Waals surface area contributed by atoms with Gasteiger partial charge in [0.2, 0.25) is 5.91 Å². The second kappa shape index (κ2) is 4.67. The zero-order valence-electron chi connectivity index (χ0n) is 11.5. The van der Waals surface area contributed by atoms with Crippen molar-refractivity contribution in [1.82, 2.24) is 15.1 Å². The van der Waals surface area contributed by atoms with Crippen LogP contribution in [0.4, 0.5) is 5.82 Å². The molecule has 5 heteroatoms. The quantitative estimate of drug-likeness (QED) is 0.880. The Morgan fingerprint density at radius 2 is 2.10 bits per heavy atom. The zero-order valence-corrected chi connectivity index (χ0v) is 11.5. The first-order chi connectivity index (χ1) is 9.63. The number of benzene rings is 1. The molecule has 0 saturated heterocycles. The van der Waals surface area contributed by atoms with Crippen LogP contribution in [0.1, 0.15) is 24.0 Å². The Kier molecular flexibility index (Phi) is 2.97. The summed E-state index contributed by atoms with van der Waals surface area (Å²) in [5.74, 6) is 0.668. The summed E-state index contributed by atoms with van der Waals surface area (Å²) in [7, 11) is 1.78. The van der Waals surface area contributed by atoms with Crippen LogP contribution in [0, 0.1) is 0 Å². The van der Waals surface area contributed by atoms with Gasteiger partial charge in [-0.3, -0.25) is 9.48 Å². The van der Waals surface area contributed by atoms with Gasteiger partial charge in [-0.15, -0.1) is 0 Å². The minimum Gasteiger partial charge on any atom is -0.384 e. The standard InChI is InChI=1S/C15H18N4O/c1-19-13(16)11(10-18-19)9-17-14(20)15(7-8-15)12-5-3-2-4-6-12/h2-6,10H,7-9,16H2,1H3,(H,17,20). The molecule has 1 amide bonds. The fourth-order valence-electron chi connectivity index (χ4n) is 2.50. The van der Waals surface area contributed by atoms with E-state index in [-0.39, 0.29) is 11.3 Å². The van der Waals surface area contributed by atoms with Crippen LogP contribution in [0.25, 0.3) is 0 Å². The third-order valence-corrected chi connectivity index (χ3v) is 4.01. The summed E-state index contributed by atoms with van der Waals surface area (Å²) in [6.45, 7) is 0.424. The van der Waals surface area contributed by atoms with Crippen LogP contribution in [0.2, 0.25) is 0 Å². The Morgan fingerprint density at radius 3 is 2.65 bits per heavy atom. The Balaban J connectivity index is 1.70. The van der Waals surface area contributed by atoms with Crippen molar-refractivity contribution in [3.05, 3.63) is 47.7 Å². The summed E-state index contributed by atoms with van der Waals surface area (Å²) >= 11 is 0. The van der Waals surface area contributed by atoms with Crippen LogP contribution in [-0.2, 0) is 23.8 Å². The fourth-order valence-corrected chi connectivity index (χ4v) is 2.50. The molecule has 0 aliphatic heterocycles. The van der Waals surface area contributed by atoms with Gasteiger partial charge in [-0.1, -0.05) is 30.3 Å². The lowest BCUT2D eigenvalue weighted by molar-refractivity contribution is -0.123. The average Bonchev–Trinajstić information content (AvgIpc) is 3.23. The van der Waals surface area contributed by atoms with Crippen molar-refractivity contribution in [1.29, 1.82) is 0 Å². The third-order valence-electron chi connectivity index (χ3n) is 4.01. The molecule has 0 radical (unpaired) electrons. The molecule has 0 unspecified atom stereocenters. The monoisotopic (exact) mass is 270 g/mol. The molecule has 0 atom stereocenters. The van der Waals surface area contributed by atoms with E-state index in [1.807, 2.05) is 30.3 Å². The van der Waals surface area contributed by atoms with Crippen molar-refractivity contribution in [2.24, 2.45) is 7.05 Å². The van der Waals surface area contributed by atoms with Crippen molar-refractivity contribution >= 4 is 11.7 Å². The number of carbonyl (C=O) groups excluding carboxylic acids is 1. The molecule has 3 N–H and O–H groups in total. The maximum Gasteiger partial charge on any atom is 0.230 e. The van der Waals surface area contributed by atoms with Crippen LogP contribution in [0.5, 0.6) is 0 Å².